The molecule has 0 aliphatic rings. The normalized spacial score (nSPS) is 10.9. The largest absolute Gasteiger partial charge is 0.493 e. The van der Waals surface area contributed by atoms with Gasteiger partial charge in [0.1, 0.15) is 6.61 Å². The number of hydrogen-bond donors (Lipinski definition) is 0. The Morgan fingerprint density at radius 1 is 0.889 bits per heavy atom. The van der Waals surface area contributed by atoms with Crippen molar-refractivity contribution >= 4 is 27.8 Å². The Bertz CT molecular complexity index is 903. The lowest BCUT2D eigenvalue weighted by Crippen LogP contribution is -1.98. The minimum Gasteiger partial charge on any atom is -0.493 e. The lowest BCUT2D eigenvalue weighted by molar-refractivity contribution is 0.284. The van der Waals surface area contributed by atoms with Gasteiger partial charge in [0.15, 0.2) is 11.5 Å². The molecule has 0 saturated carbocycles. The van der Waals surface area contributed by atoms with Crippen molar-refractivity contribution in [2.24, 2.45) is 4.99 Å². The maximum Gasteiger partial charge on any atom is 0.161 e. The molecule has 0 amide bonds. The van der Waals surface area contributed by atoms with Gasteiger partial charge in [-0.05, 0) is 65.6 Å². The van der Waals surface area contributed by atoms with Crippen LogP contribution in [-0.2, 0) is 13.0 Å². The van der Waals surface area contributed by atoms with Crippen LogP contribution in [0.15, 0.2) is 76.2 Å². The molecule has 0 atom stereocenters. The summed E-state index contributed by atoms with van der Waals surface area (Å²) in [5.74, 6) is 1.40. The van der Waals surface area contributed by atoms with Gasteiger partial charge in [-0.1, -0.05) is 47.1 Å². The molecule has 0 aliphatic heterocycles. The zero-order valence-corrected chi connectivity index (χ0v) is 17.1. The van der Waals surface area contributed by atoms with Crippen molar-refractivity contribution in [2.45, 2.75) is 20.0 Å². The summed E-state index contributed by atoms with van der Waals surface area (Å²) < 4.78 is 12.4. The van der Waals surface area contributed by atoms with Crippen LogP contribution in [0, 0.1) is 0 Å². The van der Waals surface area contributed by atoms with Crippen molar-refractivity contribution in [1.82, 2.24) is 0 Å². The first-order valence-electron chi connectivity index (χ1n) is 8.86. The Labute approximate surface area is 168 Å². The summed E-state index contributed by atoms with van der Waals surface area (Å²) in [6, 6.07) is 22.2. The highest BCUT2D eigenvalue weighted by Crippen LogP contribution is 2.28. The third-order valence-corrected chi connectivity index (χ3v) is 4.73. The molecule has 0 fully saturated rings. The van der Waals surface area contributed by atoms with E-state index in [0.29, 0.717) is 18.1 Å². The highest BCUT2D eigenvalue weighted by molar-refractivity contribution is 9.10. The molecule has 3 aromatic carbocycles. The third-order valence-electron chi connectivity index (χ3n) is 4.20. The van der Waals surface area contributed by atoms with Crippen LogP contribution in [-0.4, -0.2) is 13.3 Å². The maximum atomic E-state index is 5.91. The van der Waals surface area contributed by atoms with Crippen LogP contribution in [0.3, 0.4) is 0 Å². The molecule has 3 rings (SSSR count). The molecule has 0 unspecified atom stereocenters. The van der Waals surface area contributed by atoms with E-state index >= 15 is 0 Å². The predicted octanol–water partition coefficient (Wildman–Crippen LogP) is 6.35. The van der Waals surface area contributed by atoms with Crippen LogP contribution in [0.4, 0.5) is 5.69 Å². The minimum atomic E-state index is 0.487. The first-order chi connectivity index (χ1) is 13.2. The lowest BCUT2D eigenvalue weighted by atomic mass is 10.1. The van der Waals surface area contributed by atoms with Crippen molar-refractivity contribution in [3.63, 3.8) is 0 Å². The number of ether oxygens (including phenoxy) is 2. The zero-order valence-electron chi connectivity index (χ0n) is 15.5. The van der Waals surface area contributed by atoms with E-state index in [4.69, 9.17) is 9.47 Å². The van der Waals surface area contributed by atoms with Crippen LogP contribution < -0.4 is 9.47 Å². The van der Waals surface area contributed by atoms with Crippen LogP contribution in [0.2, 0.25) is 0 Å². The van der Waals surface area contributed by atoms with Gasteiger partial charge in [0.05, 0.1) is 12.8 Å². The van der Waals surface area contributed by atoms with E-state index in [1.54, 1.807) is 7.11 Å². The SMILES string of the molecule is CCc1ccc(N=Cc2ccc(OCc3ccc(Br)cc3)c(OC)c2)cc1. The Hall–Kier alpha value is -2.59. The monoisotopic (exact) mass is 423 g/mol. The first kappa shape index (κ1) is 19.2. The van der Waals surface area contributed by atoms with Gasteiger partial charge in [0.2, 0.25) is 0 Å². The highest BCUT2D eigenvalue weighted by Gasteiger charge is 2.06. The molecule has 4 heteroatoms. The van der Waals surface area contributed by atoms with Gasteiger partial charge in [0.25, 0.3) is 0 Å². The third kappa shape index (κ3) is 5.44. The molecular weight excluding hydrogens is 402 g/mol. The fourth-order valence-electron chi connectivity index (χ4n) is 2.59. The Kier molecular flexibility index (Phi) is 6.66. The van der Waals surface area contributed by atoms with Crippen molar-refractivity contribution in [3.05, 3.63) is 87.9 Å². The van der Waals surface area contributed by atoms with Crippen molar-refractivity contribution in [2.75, 3.05) is 7.11 Å². The number of methoxy groups -OCH3 is 1. The van der Waals surface area contributed by atoms with Gasteiger partial charge in [0, 0.05) is 10.7 Å². The van der Waals surface area contributed by atoms with Crippen molar-refractivity contribution < 1.29 is 9.47 Å². The molecule has 138 valence electrons. The maximum absolute atomic E-state index is 5.91. The van der Waals surface area contributed by atoms with E-state index in [0.717, 1.165) is 27.7 Å². The molecule has 0 aromatic heterocycles. The summed E-state index contributed by atoms with van der Waals surface area (Å²) >= 11 is 3.44. The van der Waals surface area contributed by atoms with E-state index in [9.17, 15) is 0 Å². The molecule has 0 aliphatic carbocycles. The predicted molar refractivity (Wildman–Crippen MR) is 115 cm³/mol. The second kappa shape index (κ2) is 9.38. The first-order valence-corrected chi connectivity index (χ1v) is 9.65. The topological polar surface area (TPSA) is 30.8 Å². The van der Waals surface area contributed by atoms with Crippen molar-refractivity contribution in [1.29, 1.82) is 0 Å². The number of benzene rings is 3. The summed E-state index contributed by atoms with van der Waals surface area (Å²) in [6.07, 6.45) is 2.87. The molecule has 0 N–H and O–H groups in total. The zero-order chi connectivity index (χ0) is 19.1. The molecule has 0 spiro atoms. The standard InChI is InChI=1S/C23H22BrNO2/c1-3-17-6-11-21(12-7-17)25-15-19-8-13-22(23(14-19)26-2)27-16-18-4-9-20(24)10-5-18/h4-15H,3,16H2,1-2H3. The number of rotatable bonds is 7. The summed E-state index contributed by atoms with van der Waals surface area (Å²) in [5, 5.41) is 0. The molecule has 0 saturated heterocycles. The van der Waals surface area contributed by atoms with Crippen LogP contribution in [0.5, 0.6) is 11.5 Å². The van der Waals surface area contributed by atoms with Gasteiger partial charge in [-0.3, -0.25) is 4.99 Å². The molecule has 3 nitrogen and oxygen atoms in total. The van der Waals surface area contributed by atoms with E-state index in [2.05, 4.69) is 40.0 Å². The minimum absolute atomic E-state index is 0.487. The molecular formula is C23H22BrNO2. The van der Waals surface area contributed by atoms with Crippen LogP contribution >= 0.6 is 15.9 Å². The van der Waals surface area contributed by atoms with Gasteiger partial charge in [-0.2, -0.15) is 0 Å². The molecule has 0 radical (unpaired) electrons. The molecule has 27 heavy (non-hydrogen) atoms. The second-order valence-corrected chi connectivity index (χ2v) is 7.02. The van der Waals surface area contributed by atoms with Gasteiger partial charge in [-0.25, -0.2) is 0 Å². The second-order valence-electron chi connectivity index (χ2n) is 6.10. The highest BCUT2D eigenvalue weighted by atomic mass is 79.9. The molecule has 0 heterocycles. The van der Waals surface area contributed by atoms with Crippen molar-refractivity contribution in [3.8, 4) is 11.5 Å². The van der Waals surface area contributed by atoms with Gasteiger partial charge in [-0.15, -0.1) is 0 Å². The van der Waals surface area contributed by atoms with E-state index in [-0.39, 0.29) is 0 Å². The quantitative estimate of drug-likeness (QED) is 0.414. The fraction of sp³-hybridized carbons (Fsp3) is 0.174. The molecule has 3 aromatic rings. The van der Waals surface area contributed by atoms with Crippen LogP contribution in [0.1, 0.15) is 23.6 Å². The Morgan fingerprint density at radius 2 is 1.59 bits per heavy atom. The summed E-state index contributed by atoms with van der Waals surface area (Å²) in [4.78, 5) is 4.53. The number of aliphatic imine (C=N–C) groups is 1. The Morgan fingerprint density at radius 3 is 2.26 bits per heavy atom. The van der Waals surface area contributed by atoms with E-state index in [1.807, 2.05) is 60.8 Å². The van der Waals surface area contributed by atoms with E-state index < -0.39 is 0 Å². The average molecular weight is 424 g/mol. The Balaban J connectivity index is 1.69. The number of nitrogens with zero attached hydrogens (tertiary/aromatic N) is 1. The molecule has 0 bridgehead atoms. The summed E-state index contributed by atoms with van der Waals surface area (Å²) in [6.45, 7) is 2.63. The summed E-state index contributed by atoms with van der Waals surface area (Å²) in [7, 11) is 1.65. The smallest absolute Gasteiger partial charge is 0.161 e. The van der Waals surface area contributed by atoms with Gasteiger partial charge >= 0.3 is 0 Å². The number of aryl methyl sites for hydroxylation is 1. The lowest BCUT2D eigenvalue weighted by Gasteiger charge is -2.11. The number of halogens is 1. The van der Waals surface area contributed by atoms with E-state index in [1.165, 1.54) is 5.56 Å². The fourth-order valence-corrected chi connectivity index (χ4v) is 2.86. The summed E-state index contributed by atoms with van der Waals surface area (Å²) in [5.41, 5.74) is 4.30. The van der Waals surface area contributed by atoms with Crippen LogP contribution in [0.25, 0.3) is 0 Å². The average Bonchev–Trinajstić information content (AvgIpc) is 2.72. The van der Waals surface area contributed by atoms with Gasteiger partial charge < -0.3 is 9.47 Å². The number of hydrogen-bond acceptors (Lipinski definition) is 3.